The average Bonchev–Trinajstić information content (AvgIpc) is 3.33. The van der Waals surface area contributed by atoms with E-state index in [9.17, 15) is 18.3 Å². The minimum Gasteiger partial charge on any atom is -0.382 e. The molecule has 3 heterocycles. The SMILES string of the molecule is CC(c1ncnc(Cl)c1F)c1ncnc(C(C)C(O)(Cn2cncn2)c2ccc(F)cc2F)c1F. The largest absolute Gasteiger partial charge is 0.382 e. The zero-order valence-electron chi connectivity index (χ0n) is 18.4. The second-order valence-corrected chi connectivity index (χ2v) is 8.26. The second-order valence-electron chi connectivity index (χ2n) is 7.91. The molecular formula is C22H18ClF4N7O. The molecule has 0 saturated heterocycles. The molecule has 0 aliphatic heterocycles. The van der Waals surface area contributed by atoms with Crippen molar-refractivity contribution in [3.8, 4) is 0 Å². The zero-order chi connectivity index (χ0) is 25.3. The number of hydrogen-bond acceptors (Lipinski definition) is 7. The Bertz CT molecular complexity index is 1360. The van der Waals surface area contributed by atoms with Crippen molar-refractivity contribution in [3.05, 3.63) is 94.6 Å². The van der Waals surface area contributed by atoms with Crippen LogP contribution in [0.1, 0.15) is 48.3 Å². The summed E-state index contributed by atoms with van der Waals surface area (Å²) < 4.78 is 59.9. The van der Waals surface area contributed by atoms with Crippen molar-refractivity contribution in [2.75, 3.05) is 0 Å². The fourth-order valence-electron chi connectivity index (χ4n) is 3.88. The van der Waals surface area contributed by atoms with Crippen LogP contribution >= 0.6 is 11.6 Å². The van der Waals surface area contributed by atoms with E-state index in [1.165, 1.54) is 31.2 Å². The highest BCUT2D eigenvalue weighted by molar-refractivity contribution is 6.29. The van der Waals surface area contributed by atoms with Gasteiger partial charge in [0.05, 0.1) is 23.6 Å². The number of benzene rings is 1. The van der Waals surface area contributed by atoms with Crippen LogP contribution in [0.4, 0.5) is 17.6 Å². The standard InChI is InChI=1S/C22H18ClF4N7O/c1-11(19-17(27)21(23)32-9-30-19)18-16(26)20(31-8-29-18)12(2)22(35,6-34-10-28-7-33-34)14-4-3-13(24)5-15(14)25/h3-5,7-12,35H,6H2,1-2H3. The second kappa shape index (κ2) is 9.62. The van der Waals surface area contributed by atoms with E-state index in [4.69, 9.17) is 11.6 Å². The van der Waals surface area contributed by atoms with Gasteiger partial charge in [-0.15, -0.1) is 0 Å². The van der Waals surface area contributed by atoms with Gasteiger partial charge in [0.2, 0.25) is 0 Å². The van der Waals surface area contributed by atoms with E-state index in [-0.39, 0.29) is 29.2 Å². The van der Waals surface area contributed by atoms with Gasteiger partial charge >= 0.3 is 0 Å². The highest BCUT2D eigenvalue weighted by Gasteiger charge is 2.42. The van der Waals surface area contributed by atoms with Gasteiger partial charge in [0.25, 0.3) is 0 Å². The molecule has 3 aromatic heterocycles. The van der Waals surface area contributed by atoms with E-state index in [2.05, 4.69) is 30.0 Å². The maximum absolute atomic E-state index is 15.8. The molecule has 3 unspecified atom stereocenters. The van der Waals surface area contributed by atoms with Gasteiger partial charge in [0.1, 0.15) is 42.5 Å². The Labute approximate surface area is 201 Å². The van der Waals surface area contributed by atoms with Gasteiger partial charge < -0.3 is 5.11 Å². The molecule has 0 amide bonds. The van der Waals surface area contributed by atoms with E-state index in [0.717, 1.165) is 24.8 Å². The quantitative estimate of drug-likeness (QED) is 0.299. The molecule has 13 heteroatoms. The summed E-state index contributed by atoms with van der Waals surface area (Å²) in [6.07, 6.45) is 4.57. The summed E-state index contributed by atoms with van der Waals surface area (Å²) in [5.41, 5.74) is -3.15. The molecule has 0 aliphatic rings. The van der Waals surface area contributed by atoms with Crippen molar-refractivity contribution in [2.24, 2.45) is 0 Å². The number of aromatic nitrogens is 7. The summed E-state index contributed by atoms with van der Waals surface area (Å²) in [7, 11) is 0. The topological polar surface area (TPSA) is 102 Å². The molecule has 8 nitrogen and oxygen atoms in total. The lowest BCUT2D eigenvalue weighted by Gasteiger charge is -2.34. The number of halogens is 5. The molecule has 0 fully saturated rings. The average molecular weight is 508 g/mol. The maximum Gasteiger partial charge on any atom is 0.182 e. The van der Waals surface area contributed by atoms with Crippen LogP contribution in [0.5, 0.6) is 0 Å². The van der Waals surface area contributed by atoms with Crippen LogP contribution in [0.2, 0.25) is 5.15 Å². The highest BCUT2D eigenvalue weighted by Crippen LogP contribution is 2.41. The molecule has 182 valence electrons. The zero-order valence-corrected chi connectivity index (χ0v) is 19.1. The van der Waals surface area contributed by atoms with E-state index in [1.54, 1.807) is 0 Å². The van der Waals surface area contributed by atoms with E-state index >= 15 is 4.39 Å². The van der Waals surface area contributed by atoms with E-state index < -0.39 is 45.9 Å². The minimum absolute atomic E-state index is 0.191. The molecule has 35 heavy (non-hydrogen) atoms. The van der Waals surface area contributed by atoms with Gasteiger partial charge in [0, 0.05) is 23.5 Å². The van der Waals surface area contributed by atoms with Gasteiger partial charge in [0.15, 0.2) is 16.8 Å². The van der Waals surface area contributed by atoms with Crippen LogP contribution < -0.4 is 0 Å². The number of nitrogens with zero attached hydrogens (tertiary/aromatic N) is 7. The summed E-state index contributed by atoms with van der Waals surface area (Å²) in [6.45, 7) is 2.52. The summed E-state index contributed by atoms with van der Waals surface area (Å²) in [5.74, 6) is -5.99. The first kappa shape index (κ1) is 24.6. The molecule has 4 aromatic rings. The van der Waals surface area contributed by atoms with Crippen molar-refractivity contribution in [2.45, 2.75) is 37.8 Å². The lowest BCUT2D eigenvalue weighted by atomic mass is 9.79. The van der Waals surface area contributed by atoms with Crippen molar-refractivity contribution < 1.29 is 22.7 Å². The van der Waals surface area contributed by atoms with Crippen LogP contribution in [-0.4, -0.2) is 39.8 Å². The fraction of sp³-hybridized carbons (Fsp3) is 0.273. The first-order chi connectivity index (χ1) is 16.6. The molecule has 0 bridgehead atoms. The molecule has 0 aliphatic carbocycles. The third kappa shape index (κ3) is 4.58. The molecular weight excluding hydrogens is 490 g/mol. The van der Waals surface area contributed by atoms with Crippen LogP contribution in [0, 0.1) is 23.3 Å². The Morgan fingerprint density at radius 2 is 1.60 bits per heavy atom. The predicted octanol–water partition coefficient (Wildman–Crippen LogP) is 3.91. The molecule has 1 N–H and O–H groups in total. The maximum atomic E-state index is 15.8. The van der Waals surface area contributed by atoms with Gasteiger partial charge in [-0.1, -0.05) is 31.5 Å². The summed E-state index contributed by atoms with van der Waals surface area (Å²) in [6, 6.07) is 2.65. The highest BCUT2D eigenvalue weighted by atomic mass is 35.5. The smallest absolute Gasteiger partial charge is 0.182 e. The fourth-order valence-corrected chi connectivity index (χ4v) is 4.02. The van der Waals surface area contributed by atoms with Crippen LogP contribution in [0.3, 0.4) is 0 Å². The number of hydrogen-bond donors (Lipinski definition) is 1. The number of aliphatic hydroxyl groups is 1. The predicted molar refractivity (Wildman–Crippen MR) is 115 cm³/mol. The van der Waals surface area contributed by atoms with Gasteiger partial charge in [-0.3, -0.25) is 0 Å². The van der Waals surface area contributed by atoms with Gasteiger partial charge in [-0.2, -0.15) is 5.10 Å². The Balaban J connectivity index is 1.82. The third-order valence-electron chi connectivity index (χ3n) is 5.83. The van der Waals surface area contributed by atoms with Gasteiger partial charge in [-0.05, 0) is 6.07 Å². The third-order valence-corrected chi connectivity index (χ3v) is 6.09. The Morgan fingerprint density at radius 1 is 0.943 bits per heavy atom. The van der Waals surface area contributed by atoms with Crippen molar-refractivity contribution in [1.82, 2.24) is 34.7 Å². The monoisotopic (exact) mass is 507 g/mol. The summed E-state index contributed by atoms with van der Waals surface area (Å²) in [4.78, 5) is 19.1. The molecule has 0 radical (unpaired) electrons. The minimum atomic E-state index is -2.15. The molecule has 0 saturated carbocycles. The lowest BCUT2D eigenvalue weighted by molar-refractivity contribution is -0.0134. The van der Waals surface area contributed by atoms with Crippen LogP contribution in [0.15, 0.2) is 43.5 Å². The van der Waals surface area contributed by atoms with Crippen LogP contribution in [-0.2, 0) is 12.1 Å². The summed E-state index contributed by atoms with van der Waals surface area (Å²) in [5, 5.41) is 15.2. The van der Waals surface area contributed by atoms with Crippen LogP contribution in [0.25, 0.3) is 0 Å². The summed E-state index contributed by atoms with van der Waals surface area (Å²) >= 11 is 5.73. The first-order valence-electron chi connectivity index (χ1n) is 10.3. The Kier molecular flexibility index (Phi) is 6.77. The molecule has 3 atom stereocenters. The first-order valence-corrected chi connectivity index (χ1v) is 10.7. The normalized spacial score (nSPS) is 15.0. The number of rotatable bonds is 7. The Hall–Kier alpha value is -3.51. The van der Waals surface area contributed by atoms with Gasteiger partial charge in [-0.25, -0.2) is 47.2 Å². The Morgan fingerprint density at radius 3 is 2.26 bits per heavy atom. The lowest BCUT2D eigenvalue weighted by Crippen LogP contribution is -2.39. The van der Waals surface area contributed by atoms with E-state index in [1.807, 2.05) is 0 Å². The van der Waals surface area contributed by atoms with Crippen molar-refractivity contribution in [3.63, 3.8) is 0 Å². The van der Waals surface area contributed by atoms with Crippen molar-refractivity contribution >= 4 is 11.6 Å². The molecule has 1 aromatic carbocycles. The molecule has 0 spiro atoms. The van der Waals surface area contributed by atoms with Crippen molar-refractivity contribution in [1.29, 1.82) is 0 Å². The molecule has 4 rings (SSSR count). The van der Waals surface area contributed by atoms with E-state index in [0.29, 0.717) is 6.07 Å².